The molecule has 1 aliphatic rings. The van der Waals surface area contributed by atoms with Crippen molar-refractivity contribution in [2.24, 2.45) is 5.73 Å². The number of carbonyl (C=O) groups excluding carboxylic acids is 2. The Kier molecular flexibility index (Phi) is 1.71. The van der Waals surface area contributed by atoms with Crippen LogP contribution in [-0.2, 0) is 14.3 Å². The number of nitrogens with two attached hydrogens (primary N) is 1. The Bertz CT molecular complexity index is 207. The van der Waals surface area contributed by atoms with Crippen LogP contribution in [-0.4, -0.2) is 18.5 Å². The van der Waals surface area contributed by atoms with Gasteiger partial charge in [0.15, 0.2) is 0 Å². The van der Waals surface area contributed by atoms with Gasteiger partial charge in [-0.25, -0.2) is 4.79 Å². The lowest BCUT2D eigenvalue weighted by Crippen LogP contribution is -2.21. The zero-order valence-corrected chi connectivity index (χ0v) is 5.29. The van der Waals surface area contributed by atoms with Crippen molar-refractivity contribution in [3.63, 3.8) is 0 Å². The average molecular weight is 141 g/mol. The van der Waals surface area contributed by atoms with Gasteiger partial charge < -0.3 is 10.5 Å². The molecule has 1 amide bonds. The van der Waals surface area contributed by atoms with Crippen LogP contribution in [0.15, 0.2) is 11.6 Å². The molecule has 0 saturated carbocycles. The second-order valence-electron chi connectivity index (χ2n) is 1.95. The van der Waals surface area contributed by atoms with Crippen LogP contribution in [0.1, 0.15) is 6.42 Å². The van der Waals surface area contributed by atoms with Gasteiger partial charge in [-0.15, -0.1) is 0 Å². The minimum Gasteiger partial charge on any atom is -0.462 e. The van der Waals surface area contributed by atoms with Crippen LogP contribution in [0.5, 0.6) is 0 Å². The summed E-state index contributed by atoms with van der Waals surface area (Å²) in [4.78, 5) is 20.9. The first-order valence-electron chi connectivity index (χ1n) is 2.87. The third-order valence-electron chi connectivity index (χ3n) is 1.22. The number of primary amides is 1. The predicted molar refractivity (Wildman–Crippen MR) is 32.9 cm³/mol. The van der Waals surface area contributed by atoms with Crippen molar-refractivity contribution in [1.29, 1.82) is 0 Å². The van der Waals surface area contributed by atoms with E-state index in [1.54, 1.807) is 0 Å². The van der Waals surface area contributed by atoms with Crippen LogP contribution >= 0.6 is 0 Å². The maximum absolute atomic E-state index is 10.5. The topological polar surface area (TPSA) is 69.4 Å². The lowest BCUT2D eigenvalue weighted by Gasteiger charge is -2.08. The molecule has 1 heterocycles. The molecule has 0 radical (unpaired) electrons. The van der Waals surface area contributed by atoms with Crippen molar-refractivity contribution in [1.82, 2.24) is 0 Å². The highest BCUT2D eigenvalue weighted by Gasteiger charge is 2.13. The maximum atomic E-state index is 10.5. The van der Waals surface area contributed by atoms with Crippen LogP contribution in [0.3, 0.4) is 0 Å². The molecule has 0 aromatic heterocycles. The summed E-state index contributed by atoms with van der Waals surface area (Å²) in [6.45, 7) is 0.258. The summed E-state index contributed by atoms with van der Waals surface area (Å²) >= 11 is 0. The van der Waals surface area contributed by atoms with Crippen molar-refractivity contribution in [2.75, 3.05) is 6.61 Å². The Balaban J connectivity index is 2.75. The van der Waals surface area contributed by atoms with E-state index in [4.69, 9.17) is 5.73 Å². The third kappa shape index (κ3) is 1.34. The van der Waals surface area contributed by atoms with Gasteiger partial charge in [0.2, 0.25) is 5.91 Å². The SMILES string of the molecule is NC(=O)C1=CC(=O)OCC1. The van der Waals surface area contributed by atoms with Crippen LogP contribution < -0.4 is 5.73 Å². The number of hydrogen-bond acceptors (Lipinski definition) is 3. The number of esters is 1. The first kappa shape index (κ1) is 6.80. The van der Waals surface area contributed by atoms with E-state index in [1.807, 2.05) is 0 Å². The first-order chi connectivity index (χ1) is 4.70. The Hall–Kier alpha value is -1.32. The van der Waals surface area contributed by atoms with Gasteiger partial charge >= 0.3 is 5.97 Å². The molecule has 1 rings (SSSR count). The molecule has 0 fully saturated rings. The molecule has 1 aliphatic heterocycles. The normalized spacial score (nSPS) is 17.6. The van der Waals surface area contributed by atoms with Gasteiger partial charge in [-0.2, -0.15) is 0 Å². The van der Waals surface area contributed by atoms with E-state index < -0.39 is 11.9 Å². The molecule has 54 valence electrons. The number of rotatable bonds is 1. The molecular weight excluding hydrogens is 134 g/mol. The van der Waals surface area contributed by atoms with Crippen molar-refractivity contribution in [3.8, 4) is 0 Å². The molecule has 0 aliphatic carbocycles. The number of carbonyl (C=O) groups is 2. The highest BCUT2D eigenvalue weighted by atomic mass is 16.5. The summed E-state index contributed by atoms with van der Waals surface area (Å²) in [6.07, 6.45) is 1.56. The number of ether oxygens (including phenoxy) is 1. The molecule has 10 heavy (non-hydrogen) atoms. The Morgan fingerprint density at radius 1 is 1.70 bits per heavy atom. The second-order valence-corrected chi connectivity index (χ2v) is 1.95. The molecule has 4 heteroatoms. The van der Waals surface area contributed by atoms with E-state index in [0.717, 1.165) is 6.08 Å². The third-order valence-corrected chi connectivity index (χ3v) is 1.22. The highest BCUT2D eigenvalue weighted by molar-refractivity contribution is 5.99. The fraction of sp³-hybridized carbons (Fsp3) is 0.333. The summed E-state index contributed by atoms with van der Waals surface area (Å²) in [7, 11) is 0. The van der Waals surface area contributed by atoms with E-state index in [9.17, 15) is 9.59 Å². The van der Waals surface area contributed by atoms with Crippen LogP contribution in [0.4, 0.5) is 0 Å². The zero-order chi connectivity index (χ0) is 7.56. The molecule has 0 atom stereocenters. The van der Waals surface area contributed by atoms with Crippen LogP contribution in [0, 0.1) is 0 Å². The molecule has 0 unspecified atom stereocenters. The van der Waals surface area contributed by atoms with Crippen molar-refractivity contribution >= 4 is 11.9 Å². The van der Waals surface area contributed by atoms with Gasteiger partial charge in [-0.3, -0.25) is 4.79 Å². The highest BCUT2D eigenvalue weighted by Crippen LogP contribution is 2.06. The lowest BCUT2D eigenvalue weighted by molar-refractivity contribution is -0.139. The lowest BCUT2D eigenvalue weighted by atomic mass is 10.1. The quantitative estimate of drug-likeness (QED) is 0.493. The number of cyclic esters (lactones) is 1. The second kappa shape index (κ2) is 2.51. The molecule has 0 aromatic carbocycles. The van der Waals surface area contributed by atoms with Gasteiger partial charge in [0, 0.05) is 18.1 Å². The minimum absolute atomic E-state index is 0.258. The van der Waals surface area contributed by atoms with E-state index in [-0.39, 0.29) is 6.61 Å². The van der Waals surface area contributed by atoms with Gasteiger partial charge in [-0.1, -0.05) is 0 Å². The predicted octanol–water partition coefficient (Wildman–Crippen LogP) is -0.655. The summed E-state index contributed by atoms with van der Waals surface area (Å²) in [5.74, 6) is -1.03. The fourth-order valence-electron chi connectivity index (χ4n) is 0.712. The van der Waals surface area contributed by atoms with Gasteiger partial charge in [0.25, 0.3) is 0 Å². The van der Waals surface area contributed by atoms with Crippen LogP contribution in [0.25, 0.3) is 0 Å². The van der Waals surface area contributed by atoms with Gasteiger partial charge in [0.05, 0.1) is 6.61 Å². The van der Waals surface area contributed by atoms with Crippen LogP contribution in [0.2, 0.25) is 0 Å². The van der Waals surface area contributed by atoms with E-state index in [2.05, 4.69) is 4.74 Å². The van der Waals surface area contributed by atoms with Gasteiger partial charge in [0.1, 0.15) is 0 Å². The van der Waals surface area contributed by atoms with E-state index in [0.29, 0.717) is 12.0 Å². The maximum Gasteiger partial charge on any atom is 0.331 e. The molecule has 0 spiro atoms. The van der Waals surface area contributed by atoms with Gasteiger partial charge in [-0.05, 0) is 0 Å². The summed E-state index contributed by atoms with van der Waals surface area (Å²) < 4.78 is 4.54. The molecular formula is C6H7NO3. The van der Waals surface area contributed by atoms with E-state index in [1.165, 1.54) is 0 Å². The number of hydrogen-bond donors (Lipinski definition) is 1. The average Bonchev–Trinajstić information content (AvgIpc) is 1.88. The molecule has 2 N–H and O–H groups in total. The first-order valence-corrected chi connectivity index (χ1v) is 2.87. The zero-order valence-electron chi connectivity index (χ0n) is 5.29. The monoisotopic (exact) mass is 141 g/mol. The van der Waals surface area contributed by atoms with Crippen molar-refractivity contribution in [3.05, 3.63) is 11.6 Å². The molecule has 0 bridgehead atoms. The van der Waals surface area contributed by atoms with Crippen molar-refractivity contribution in [2.45, 2.75) is 6.42 Å². The molecule has 4 nitrogen and oxygen atoms in total. The Morgan fingerprint density at radius 3 is 2.80 bits per heavy atom. The Labute approximate surface area is 57.6 Å². The summed E-state index contributed by atoms with van der Waals surface area (Å²) in [5.41, 5.74) is 5.26. The minimum atomic E-state index is -0.545. The molecule has 0 saturated heterocycles. The van der Waals surface area contributed by atoms with Crippen molar-refractivity contribution < 1.29 is 14.3 Å². The Morgan fingerprint density at radius 2 is 2.40 bits per heavy atom. The van der Waals surface area contributed by atoms with E-state index >= 15 is 0 Å². The summed E-state index contributed by atoms with van der Waals surface area (Å²) in [6, 6.07) is 0. The smallest absolute Gasteiger partial charge is 0.331 e. The number of amides is 1. The fourth-order valence-corrected chi connectivity index (χ4v) is 0.712. The summed E-state index contributed by atoms with van der Waals surface area (Å²) in [5, 5.41) is 0. The molecule has 0 aromatic rings. The standard InChI is InChI=1S/C6H7NO3/c7-6(9)4-1-2-10-5(8)3-4/h3H,1-2H2,(H2,7,9). The largest absolute Gasteiger partial charge is 0.462 e.